The van der Waals surface area contributed by atoms with E-state index in [9.17, 15) is 43.2 Å². The largest absolute Gasteiger partial charge is 0.472 e. The number of aliphatic hydroxyl groups excluding tert-OH is 1. The maximum Gasteiger partial charge on any atom is 0.472 e. The van der Waals surface area contributed by atoms with Crippen LogP contribution in [-0.2, 0) is 65.4 Å². The summed E-state index contributed by atoms with van der Waals surface area (Å²) in [5, 5.41) is 10.6. The van der Waals surface area contributed by atoms with Gasteiger partial charge in [-0.15, -0.1) is 0 Å². The number of aliphatic hydroxyl groups is 1. The standard InChI is InChI=1S/C78H152O17P2/c1-6-9-12-15-18-21-24-26-28-29-30-31-32-33-35-37-39-42-48-53-58-63-77(82)94-73(67-89-76(81)62-57-52-47-41-38-36-34-27-25-22-19-16-13-10-7-2)69-92-96(84,85)90-65-72(79)66-91-97(86,87)93-70-74(68-88-75(80)61-56-51-46-40-23-20-17-14-11-8-3)95-78(83)64-59-54-49-44-43-45-50-55-60-71(4)5/h71-74,79H,6-70H2,1-5H3,(H,84,85)(H,86,87)/t72-,73-,74-/m1/s1. The van der Waals surface area contributed by atoms with Gasteiger partial charge in [-0.05, 0) is 31.6 Å². The Morgan fingerprint density at radius 2 is 0.474 bits per heavy atom. The second kappa shape index (κ2) is 71.1. The molecule has 2 unspecified atom stereocenters. The van der Waals surface area contributed by atoms with Crippen molar-refractivity contribution in [2.75, 3.05) is 39.6 Å². The van der Waals surface area contributed by atoms with E-state index in [1.54, 1.807) is 0 Å². The normalized spacial score (nSPS) is 13.9. The van der Waals surface area contributed by atoms with Crippen molar-refractivity contribution in [2.45, 2.75) is 432 Å². The first kappa shape index (κ1) is 95.1. The molecule has 0 aromatic rings. The summed E-state index contributed by atoms with van der Waals surface area (Å²) in [4.78, 5) is 72.8. The zero-order chi connectivity index (χ0) is 71.2. The van der Waals surface area contributed by atoms with E-state index < -0.39 is 97.5 Å². The molecule has 0 fully saturated rings. The van der Waals surface area contributed by atoms with Crippen LogP contribution in [0.4, 0.5) is 0 Å². The van der Waals surface area contributed by atoms with Gasteiger partial charge in [0, 0.05) is 25.7 Å². The number of unbranched alkanes of at least 4 members (excludes halogenated alkanes) is 50. The molecular formula is C78H152O17P2. The number of carbonyl (C=O) groups is 4. The first-order valence-corrected chi connectivity index (χ1v) is 43.6. The van der Waals surface area contributed by atoms with Crippen LogP contribution in [-0.4, -0.2) is 96.7 Å². The Bertz CT molecular complexity index is 1860. The van der Waals surface area contributed by atoms with Crippen molar-refractivity contribution in [1.82, 2.24) is 0 Å². The number of ether oxygens (including phenoxy) is 4. The average molecular weight is 1420 g/mol. The quantitative estimate of drug-likeness (QED) is 0.0222. The van der Waals surface area contributed by atoms with Gasteiger partial charge in [0.15, 0.2) is 12.2 Å². The summed E-state index contributed by atoms with van der Waals surface area (Å²) in [5.41, 5.74) is 0. The van der Waals surface area contributed by atoms with E-state index in [4.69, 9.17) is 37.0 Å². The lowest BCUT2D eigenvalue weighted by Crippen LogP contribution is -2.30. The molecule has 0 saturated carbocycles. The van der Waals surface area contributed by atoms with Gasteiger partial charge in [-0.25, -0.2) is 9.13 Å². The molecule has 0 rings (SSSR count). The predicted octanol–water partition coefficient (Wildman–Crippen LogP) is 23.3. The molecule has 0 aliphatic carbocycles. The van der Waals surface area contributed by atoms with Gasteiger partial charge in [0.2, 0.25) is 0 Å². The lowest BCUT2D eigenvalue weighted by molar-refractivity contribution is -0.161. The first-order chi connectivity index (χ1) is 47.0. The van der Waals surface area contributed by atoms with Crippen LogP contribution in [0.1, 0.15) is 413 Å². The summed E-state index contributed by atoms with van der Waals surface area (Å²) in [6.45, 7) is 7.25. The number of esters is 4. The van der Waals surface area contributed by atoms with E-state index in [1.807, 2.05) is 0 Å². The van der Waals surface area contributed by atoms with Crippen LogP contribution in [0.25, 0.3) is 0 Å². The van der Waals surface area contributed by atoms with Crippen molar-refractivity contribution < 1.29 is 80.2 Å². The monoisotopic (exact) mass is 1420 g/mol. The molecule has 0 aromatic carbocycles. The van der Waals surface area contributed by atoms with Crippen LogP contribution in [0, 0.1) is 5.92 Å². The Morgan fingerprint density at radius 1 is 0.278 bits per heavy atom. The average Bonchev–Trinajstić information content (AvgIpc) is 1.14. The van der Waals surface area contributed by atoms with E-state index in [-0.39, 0.29) is 25.7 Å². The van der Waals surface area contributed by atoms with Crippen molar-refractivity contribution in [2.24, 2.45) is 5.92 Å². The van der Waals surface area contributed by atoms with Gasteiger partial charge in [0.05, 0.1) is 26.4 Å². The highest BCUT2D eigenvalue weighted by Gasteiger charge is 2.30. The van der Waals surface area contributed by atoms with Crippen LogP contribution in [0.2, 0.25) is 0 Å². The third-order valence-electron chi connectivity index (χ3n) is 18.3. The Morgan fingerprint density at radius 3 is 0.701 bits per heavy atom. The fourth-order valence-corrected chi connectivity index (χ4v) is 13.6. The zero-order valence-corrected chi connectivity index (χ0v) is 65.0. The van der Waals surface area contributed by atoms with E-state index in [0.29, 0.717) is 25.7 Å². The Balaban J connectivity index is 5.20. The molecule has 3 N–H and O–H groups in total. The maximum absolute atomic E-state index is 13.1. The van der Waals surface area contributed by atoms with Gasteiger partial charge >= 0.3 is 39.5 Å². The number of phosphoric acid groups is 2. The van der Waals surface area contributed by atoms with Crippen molar-refractivity contribution in [3.05, 3.63) is 0 Å². The lowest BCUT2D eigenvalue weighted by atomic mass is 10.0. The van der Waals surface area contributed by atoms with E-state index in [2.05, 4.69) is 34.6 Å². The minimum atomic E-state index is -4.96. The Labute approximate surface area is 594 Å². The highest BCUT2D eigenvalue weighted by atomic mass is 31.2. The third-order valence-corrected chi connectivity index (χ3v) is 20.2. The van der Waals surface area contributed by atoms with Crippen molar-refractivity contribution >= 4 is 39.5 Å². The van der Waals surface area contributed by atoms with E-state index >= 15 is 0 Å². The van der Waals surface area contributed by atoms with Gasteiger partial charge < -0.3 is 33.8 Å². The molecule has 97 heavy (non-hydrogen) atoms. The molecule has 17 nitrogen and oxygen atoms in total. The first-order valence-electron chi connectivity index (χ1n) is 40.6. The number of carbonyl (C=O) groups excluding carboxylic acids is 4. The summed E-state index contributed by atoms with van der Waals surface area (Å²) < 4.78 is 68.5. The van der Waals surface area contributed by atoms with E-state index in [0.717, 1.165) is 95.8 Å². The Hall–Kier alpha value is -1.94. The molecule has 0 aliphatic rings. The van der Waals surface area contributed by atoms with E-state index in [1.165, 1.54) is 238 Å². The van der Waals surface area contributed by atoms with Crippen LogP contribution in [0.3, 0.4) is 0 Å². The number of phosphoric ester groups is 2. The van der Waals surface area contributed by atoms with Crippen LogP contribution in [0.15, 0.2) is 0 Å². The fraction of sp³-hybridized carbons (Fsp3) is 0.949. The second-order valence-corrected chi connectivity index (χ2v) is 31.5. The number of hydrogen-bond donors (Lipinski definition) is 3. The van der Waals surface area contributed by atoms with Gasteiger partial charge in [0.25, 0.3) is 0 Å². The van der Waals surface area contributed by atoms with Gasteiger partial charge in [0.1, 0.15) is 19.3 Å². The summed E-state index contributed by atoms with van der Waals surface area (Å²) in [5.74, 6) is -1.39. The summed E-state index contributed by atoms with van der Waals surface area (Å²) >= 11 is 0. The molecule has 0 aromatic heterocycles. The molecule has 0 spiro atoms. The van der Waals surface area contributed by atoms with Crippen molar-refractivity contribution in [1.29, 1.82) is 0 Å². The molecule has 576 valence electrons. The molecule has 0 aliphatic heterocycles. The number of hydrogen-bond acceptors (Lipinski definition) is 15. The minimum absolute atomic E-state index is 0.105. The zero-order valence-electron chi connectivity index (χ0n) is 63.2. The third kappa shape index (κ3) is 72.2. The highest BCUT2D eigenvalue weighted by Crippen LogP contribution is 2.45. The molecule has 0 amide bonds. The molecule has 0 radical (unpaired) electrons. The molecule has 5 atom stereocenters. The fourth-order valence-electron chi connectivity index (χ4n) is 12.1. The van der Waals surface area contributed by atoms with Gasteiger partial charge in [-0.3, -0.25) is 37.3 Å². The smallest absolute Gasteiger partial charge is 0.462 e. The molecule has 19 heteroatoms. The minimum Gasteiger partial charge on any atom is -0.462 e. The van der Waals surface area contributed by atoms with Crippen LogP contribution >= 0.6 is 15.6 Å². The highest BCUT2D eigenvalue weighted by molar-refractivity contribution is 7.47. The predicted molar refractivity (Wildman–Crippen MR) is 395 cm³/mol. The SMILES string of the molecule is CCCCCCCCCCCCCCCCCCCCCCCC(=O)O[C@H](COC(=O)CCCCCCCCCCCCCCCCC)COP(=O)(O)OC[C@@H](O)COP(=O)(O)OC[C@@H](COC(=O)CCCCCCCCCCCC)OC(=O)CCCCCCCCCCC(C)C. The van der Waals surface area contributed by atoms with Gasteiger partial charge in [-0.2, -0.15) is 0 Å². The van der Waals surface area contributed by atoms with Crippen LogP contribution < -0.4 is 0 Å². The Kier molecular flexibility index (Phi) is 69.6. The topological polar surface area (TPSA) is 237 Å². The second-order valence-electron chi connectivity index (χ2n) is 28.6. The number of rotatable bonds is 78. The van der Waals surface area contributed by atoms with Gasteiger partial charge in [-0.1, -0.05) is 362 Å². The summed E-state index contributed by atoms with van der Waals surface area (Å²) in [7, 11) is -9.91. The molecular weight excluding hydrogens is 1270 g/mol. The van der Waals surface area contributed by atoms with Crippen molar-refractivity contribution in [3.8, 4) is 0 Å². The molecule has 0 bridgehead atoms. The van der Waals surface area contributed by atoms with Crippen LogP contribution in [0.5, 0.6) is 0 Å². The maximum atomic E-state index is 13.1. The summed E-state index contributed by atoms with van der Waals surface area (Å²) in [6.07, 6.45) is 61.2. The lowest BCUT2D eigenvalue weighted by Gasteiger charge is -2.21. The molecule has 0 saturated heterocycles. The summed E-state index contributed by atoms with van der Waals surface area (Å²) in [6, 6.07) is 0. The van der Waals surface area contributed by atoms with Crippen molar-refractivity contribution in [3.63, 3.8) is 0 Å². The molecule has 0 heterocycles.